The van der Waals surface area contributed by atoms with Crippen molar-refractivity contribution < 1.29 is 19.7 Å². The number of halogens is 2. The van der Waals surface area contributed by atoms with Gasteiger partial charge < -0.3 is 8.85 Å². The molecule has 0 radical (unpaired) electrons. The van der Waals surface area contributed by atoms with E-state index in [1.54, 1.807) is 0 Å². The van der Waals surface area contributed by atoms with Crippen LogP contribution < -0.4 is 0 Å². The molecular formula is C32H52Br2N2NiO2Si2. The van der Waals surface area contributed by atoms with Crippen LogP contribution in [-0.2, 0) is 19.7 Å². The molecular weight excluding hydrogens is 719 g/mol. The van der Waals surface area contributed by atoms with E-state index >= 15 is 0 Å². The topological polar surface area (TPSA) is 43.2 Å². The summed E-state index contributed by atoms with van der Waals surface area (Å²) in [6.45, 7) is 23.8. The van der Waals surface area contributed by atoms with Gasteiger partial charge in [-0.3, -0.25) is 9.98 Å². The first-order chi connectivity index (χ1) is 19.2. The van der Waals surface area contributed by atoms with E-state index in [0.29, 0.717) is 0 Å². The third-order valence-electron chi connectivity index (χ3n) is 6.39. The van der Waals surface area contributed by atoms with E-state index in [9.17, 15) is 0 Å². The number of rotatable bonds is 15. The molecule has 4 nitrogen and oxygen atoms in total. The molecule has 0 bridgehead atoms. The summed E-state index contributed by atoms with van der Waals surface area (Å²) in [6, 6.07) is 12.8. The summed E-state index contributed by atoms with van der Waals surface area (Å²) in [5, 5.41) is 0. The monoisotopic (exact) mass is 768 g/mol. The van der Waals surface area contributed by atoms with Crippen molar-refractivity contribution in [3.8, 4) is 0 Å². The molecule has 2 aromatic rings. The third kappa shape index (κ3) is 16.9. The molecule has 0 aliphatic rings. The minimum absolute atomic E-state index is 0.823. The van der Waals surface area contributed by atoms with Crippen LogP contribution in [0, 0.1) is 27.7 Å². The number of unbranched alkanes of at least 4 members (excludes halogenated alkanes) is 2. The summed E-state index contributed by atoms with van der Waals surface area (Å²) in [5.74, 6) is 0. The number of aliphatic imine (C=N–C) groups is 2. The van der Waals surface area contributed by atoms with Crippen molar-refractivity contribution in [2.24, 2.45) is 9.98 Å². The Morgan fingerprint density at radius 3 is 1.17 bits per heavy atom. The zero-order valence-corrected chi connectivity index (χ0v) is 33.1. The second-order valence-electron chi connectivity index (χ2n) is 12.5. The van der Waals surface area contributed by atoms with E-state index in [2.05, 4.69) is 132 Å². The summed E-state index contributed by atoms with van der Waals surface area (Å²) >= 11 is 6.00. The molecule has 41 heavy (non-hydrogen) atoms. The molecule has 234 valence electrons. The Labute approximate surface area is 273 Å². The van der Waals surface area contributed by atoms with Crippen LogP contribution in [-0.4, -0.2) is 41.3 Å². The van der Waals surface area contributed by atoms with Crippen LogP contribution in [0.2, 0.25) is 39.3 Å². The number of benzene rings is 2. The van der Waals surface area contributed by atoms with Crippen LogP contribution in [0.4, 0.5) is 11.4 Å². The summed E-state index contributed by atoms with van der Waals surface area (Å²) in [6.07, 6.45) is 5.96. The summed E-state index contributed by atoms with van der Waals surface area (Å²) in [5.41, 5.74) is 9.22. The zero-order chi connectivity index (χ0) is 31.1. The van der Waals surface area contributed by atoms with Crippen LogP contribution in [0.5, 0.6) is 0 Å². The molecule has 0 N–H and O–H groups in total. The van der Waals surface area contributed by atoms with E-state index in [1.807, 2.05) is 0 Å². The van der Waals surface area contributed by atoms with Crippen molar-refractivity contribution in [2.75, 3.05) is 13.2 Å². The standard InChI is InChI=1S/C32H52N2O2Si2.2BrH.Ni/c1-25-17-15-18-26(2)31(25)33-29(21-11-13-23-35-37(5,6)7)30(22-12-14-24-36-38(8,9)10)34-32-27(3)19-16-20-28(32)4;;;/h15-20H,11-14,21-24H2,1-10H3;2*1H;/q;;;+2/p-2. The third-order valence-corrected chi connectivity index (χ3v) is 8.53. The van der Waals surface area contributed by atoms with E-state index < -0.39 is 16.6 Å². The summed E-state index contributed by atoms with van der Waals surface area (Å²) in [7, 11) is -1.75. The first kappa shape index (κ1) is 38.6. The molecule has 0 unspecified atom stereocenters. The van der Waals surface area contributed by atoms with Crippen LogP contribution in [0.1, 0.15) is 60.8 Å². The van der Waals surface area contributed by atoms with Gasteiger partial charge in [0.1, 0.15) is 0 Å². The van der Waals surface area contributed by atoms with Gasteiger partial charge in [-0.05, 0) is 128 Å². The second-order valence-corrected chi connectivity index (χ2v) is 26.5. The molecule has 0 heterocycles. The van der Waals surface area contributed by atoms with Crippen LogP contribution in [0.15, 0.2) is 46.4 Å². The molecule has 0 atom stereocenters. The van der Waals surface area contributed by atoms with Crippen molar-refractivity contribution in [1.29, 1.82) is 0 Å². The maximum absolute atomic E-state index is 6.13. The van der Waals surface area contributed by atoms with E-state index in [1.165, 1.54) is 33.2 Å². The predicted octanol–water partition coefficient (Wildman–Crippen LogP) is 11.5. The molecule has 0 aromatic heterocycles. The average molecular weight is 771 g/mol. The second kappa shape index (κ2) is 19.8. The first-order valence-corrected chi connectivity index (χ1v) is 26.3. The molecule has 0 saturated carbocycles. The Morgan fingerprint density at radius 2 is 0.902 bits per heavy atom. The predicted molar refractivity (Wildman–Crippen MR) is 190 cm³/mol. The Balaban J connectivity index is 0.00000268. The van der Waals surface area contributed by atoms with Gasteiger partial charge in [0.15, 0.2) is 16.6 Å². The fraction of sp³-hybridized carbons (Fsp3) is 0.562. The normalized spacial score (nSPS) is 12.9. The van der Waals surface area contributed by atoms with Crippen molar-refractivity contribution >= 4 is 67.9 Å². The van der Waals surface area contributed by atoms with Crippen LogP contribution in [0.25, 0.3) is 0 Å². The van der Waals surface area contributed by atoms with Gasteiger partial charge in [-0.2, -0.15) is 0 Å². The molecule has 9 heteroatoms. The molecule has 2 aromatic carbocycles. The zero-order valence-electron chi connectivity index (χ0n) is 26.9. The Kier molecular flexibility index (Phi) is 18.6. The van der Waals surface area contributed by atoms with Gasteiger partial charge in [-0.25, -0.2) is 0 Å². The van der Waals surface area contributed by atoms with Crippen molar-refractivity contribution in [2.45, 2.75) is 106 Å². The molecule has 0 amide bonds. The fourth-order valence-corrected chi connectivity index (χ4v) is 5.82. The van der Waals surface area contributed by atoms with Gasteiger partial charge >= 0.3 is 39.3 Å². The molecule has 0 saturated heterocycles. The maximum atomic E-state index is 6.13. The van der Waals surface area contributed by atoms with Crippen molar-refractivity contribution in [3.05, 3.63) is 58.7 Å². The average Bonchev–Trinajstić information content (AvgIpc) is 2.85. The molecule has 0 aliphatic carbocycles. The molecule has 2 rings (SSSR count). The van der Waals surface area contributed by atoms with Crippen molar-refractivity contribution in [1.82, 2.24) is 0 Å². The Hall–Kier alpha value is -0.413. The number of nitrogens with zero attached hydrogens (tertiary/aromatic N) is 2. The van der Waals surface area contributed by atoms with E-state index in [-0.39, 0.29) is 0 Å². The van der Waals surface area contributed by atoms with Gasteiger partial charge in [0.05, 0.1) is 22.8 Å². The van der Waals surface area contributed by atoms with Crippen LogP contribution >= 0.6 is 28.5 Å². The quantitative estimate of drug-likeness (QED) is 0.103. The molecule has 0 fully saturated rings. The SMILES string of the molecule is Cc1cccc(C)c1N=C(CCCCO[Si](C)(C)C)C(CCCCO[Si](C)(C)C)=Nc1c(C)cccc1C.[Br][Ni][Br]. The molecule has 0 aliphatic heterocycles. The van der Waals surface area contributed by atoms with Gasteiger partial charge in [-0.1, -0.05) is 36.4 Å². The minimum atomic E-state index is -1.50. The summed E-state index contributed by atoms with van der Waals surface area (Å²) in [4.78, 5) is 10.7. The van der Waals surface area contributed by atoms with Crippen LogP contribution in [0.3, 0.4) is 0 Å². The van der Waals surface area contributed by atoms with Crippen molar-refractivity contribution in [3.63, 3.8) is 0 Å². The van der Waals surface area contributed by atoms with Gasteiger partial charge in [-0.15, -0.1) is 0 Å². The van der Waals surface area contributed by atoms with E-state index in [0.717, 1.165) is 74.5 Å². The Bertz CT molecular complexity index is 1000. The van der Waals surface area contributed by atoms with Gasteiger partial charge in [0.25, 0.3) is 0 Å². The number of aryl methyl sites for hydroxylation is 4. The number of hydrogen-bond acceptors (Lipinski definition) is 4. The number of para-hydroxylation sites is 2. The van der Waals surface area contributed by atoms with E-state index in [4.69, 9.17) is 18.8 Å². The molecule has 0 spiro atoms. The van der Waals surface area contributed by atoms with Gasteiger partial charge in [0, 0.05) is 13.2 Å². The summed E-state index contributed by atoms with van der Waals surface area (Å²) < 4.78 is 12.3. The fourth-order valence-electron chi connectivity index (χ4n) is 4.31. The number of hydrogen-bond donors (Lipinski definition) is 0. The van der Waals surface area contributed by atoms with Gasteiger partial charge in [0.2, 0.25) is 0 Å². The Morgan fingerprint density at radius 1 is 0.610 bits per heavy atom. The first-order valence-electron chi connectivity index (χ1n) is 14.6.